The van der Waals surface area contributed by atoms with Gasteiger partial charge < -0.3 is 10.1 Å². The Balaban J connectivity index is 2.66. The molecular formula is C14H23NO. The van der Waals surface area contributed by atoms with E-state index in [1.54, 1.807) is 7.11 Å². The molecule has 1 rings (SSSR count). The third kappa shape index (κ3) is 3.95. The fraction of sp³-hybridized carbons (Fsp3) is 0.571. The summed E-state index contributed by atoms with van der Waals surface area (Å²) in [5.74, 6) is 0.585. The van der Waals surface area contributed by atoms with E-state index in [1.165, 1.54) is 5.56 Å². The van der Waals surface area contributed by atoms with Crippen LogP contribution in [-0.2, 0) is 4.74 Å². The molecule has 2 heteroatoms. The van der Waals surface area contributed by atoms with Gasteiger partial charge in [-0.05, 0) is 24.4 Å². The van der Waals surface area contributed by atoms with Crippen molar-refractivity contribution in [2.45, 2.75) is 26.3 Å². The van der Waals surface area contributed by atoms with Gasteiger partial charge in [-0.2, -0.15) is 0 Å². The maximum Gasteiger partial charge on any atom is 0.0465 e. The Bertz CT molecular complexity index is 273. The molecule has 0 aliphatic heterocycles. The number of ether oxygens (including phenoxy) is 1. The average Bonchev–Trinajstić information content (AvgIpc) is 2.34. The lowest BCUT2D eigenvalue weighted by molar-refractivity contribution is 0.170. The van der Waals surface area contributed by atoms with Gasteiger partial charge >= 0.3 is 0 Å². The second kappa shape index (κ2) is 7.42. The number of hydrogen-bond donors (Lipinski definition) is 1. The highest BCUT2D eigenvalue weighted by Gasteiger charge is 2.17. The Morgan fingerprint density at radius 3 is 2.50 bits per heavy atom. The number of rotatable bonds is 7. The molecule has 1 N–H and O–H groups in total. The van der Waals surface area contributed by atoms with Crippen molar-refractivity contribution in [2.75, 3.05) is 20.3 Å². The van der Waals surface area contributed by atoms with Gasteiger partial charge in [0.15, 0.2) is 0 Å². The minimum Gasteiger partial charge on any atom is -0.385 e. The Morgan fingerprint density at radius 2 is 1.94 bits per heavy atom. The van der Waals surface area contributed by atoms with E-state index in [4.69, 9.17) is 4.74 Å². The van der Waals surface area contributed by atoms with Crippen LogP contribution in [0.1, 0.15) is 31.9 Å². The molecule has 0 spiro atoms. The van der Waals surface area contributed by atoms with E-state index in [-0.39, 0.29) is 0 Å². The summed E-state index contributed by atoms with van der Waals surface area (Å²) < 4.78 is 5.15. The molecule has 0 saturated heterocycles. The summed E-state index contributed by atoms with van der Waals surface area (Å²) in [6.07, 6.45) is 1.09. The molecule has 0 aliphatic rings. The van der Waals surface area contributed by atoms with Crippen molar-refractivity contribution in [3.63, 3.8) is 0 Å². The van der Waals surface area contributed by atoms with Crippen LogP contribution < -0.4 is 5.32 Å². The average molecular weight is 221 g/mol. The number of methoxy groups -OCH3 is 1. The summed E-state index contributed by atoms with van der Waals surface area (Å²) in [7, 11) is 1.76. The van der Waals surface area contributed by atoms with Crippen molar-refractivity contribution in [1.82, 2.24) is 5.32 Å². The fourth-order valence-corrected chi connectivity index (χ4v) is 2.00. The van der Waals surface area contributed by atoms with E-state index in [9.17, 15) is 0 Å². The zero-order valence-corrected chi connectivity index (χ0v) is 10.6. The number of benzene rings is 1. The van der Waals surface area contributed by atoms with Gasteiger partial charge in [0.2, 0.25) is 0 Å². The number of hydrogen-bond acceptors (Lipinski definition) is 2. The molecule has 1 aromatic rings. The van der Waals surface area contributed by atoms with E-state index in [2.05, 4.69) is 49.5 Å². The Kier molecular flexibility index (Phi) is 6.12. The first-order valence-corrected chi connectivity index (χ1v) is 6.06. The van der Waals surface area contributed by atoms with Crippen molar-refractivity contribution in [1.29, 1.82) is 0 Å². The summed E-state index contributed by atoms with van der Waals surface area (Å²) in [5.41, 5.74) is 1.37. The summed E-state index contributed by atoms with van der Waals surface area (Å²) >= 11 is 0. The Morgan fingerprint density at radius 1 is 1.25 bits per heavy atom. The van der Waals surface area contributed by atoms with Crippen molar-refractivity contribution >= 4 is 0 Å². The van der Waals surface area contributed by atoms with Crippen molar-refractivity contribution in [2.24, 2.45) is 5.92 Å². The van der Waals surface area contributed by atoms with E-state index >= 15 is 0 Å². The normalized spacial score (nSPS) is 14.7. The molecule has 1 aromatic carbocycles. The van der Waals surface area contributed by atoms with Crippen LogP contribution >= 0.6 is 0 Å². The van der Waals surface area contributed by atoms with Gasteiger partial charge in [-0.3, -0.25) is 0 Å². The highest BCUT2D eigenvalue weighted by Crippen LogP contribution is 2.24. The molecule has 16 heavy (non-hydrogen) atoms. The molecule has 0 aliphatic carbocycles. The molecule has 0 aromatic heterocycles. The predicted octanol–water partition coefficient (Wildman–Crippen LogP) is 3.01. The van der Waals surface area contributed by atoms with E-state index in [0.29, 0.717) is 12.0 Å². The van der Waals surface area contributed by atoms with Gasteiger partial charge in [0.1, 0.15) is 0 Å². The maximum atomic E-state index is 5.15. The van der Waals surface area contributed by atoms with E-state index < -0.39 is 0 Å². The third-order valence-electron chi connectivity index (χ3n) is 2.93. The highest BCUT2D eigenvalue weighted by atomic mass is 16.5. The zero-order chi connectivity index (χ0) is 11.8. The smallest absolute Gasteiger partial charge is 0.0465 e. The van der Waals surface area contributed by atoms with Gasteiger partial charge in [-0.1, -0.05) is 44.2 Å². The van der Waals surface area contributed by atoms with Crippen LogP contribution in [0.15, 0.2) is 30.3 Å². The zero-order valence-electron chi connectivity index (χ0n) is 10.6. The van der Waals surface area contributed by atoms with Crippen LogP contribution in [0.3, 0.4) is 0 Å². The van der Waals surface area contributed by atoms with Crippen LogP contribution in [0.2, 0.25) is 0 Å². The van der Waals surface area contributed by atoms with E-state index in [0.717, 1.165) is 19.6 Å². The topological polar surface area (TPSA) is 21.3 Å². The lowest BCUT2D eigenvalue weighted by atomic mass is 9.92. The molecule has 2 unspecified atom stereocenters. The molecule has 0 fully saturated rings. The van der Waals surface area contributed by atoms with Crippen LogP contribution in [0.25, 0.3) is 0 Å². The van der Waals surface area contributed by atoms with Crippen molar-refractivity contribution < 1.29 is 4.74 Å². The van der Waals surface area contributed by atoms with Crippen molar-refractivity contribution in [3.05, 3.63) is 35.9 Å². The summed E-state index contributed by atoms with van der Waals surface area (Å²) in [6, 6.07) is 11.1. The number of nitrogens with one attached hydrogen (secondary N) is 1. The summed E-state index contributed by atoms with van der Waals surface area (Å²) in [4.78, 5) is 0. The molecular weight excluding hydrogens is 198 g/mol. The van der Waals surface area contributed by atoms with Gasteiger partial charge in [-0.25, -0.2) is 0 Å². The lowest BCUT2D eigenvalue weighted by Gasteiger charge is -2.25. The van der Waals surface area contributed by atoms with Gasteiger partial charge in [-0.15, -0.1) is 0 Å². The monoisotopic (exact) mass is 221 g/mol. The predicted molar refractivity (Wildman–Crippen MR) is 68.5 cm³/mol. The second-order valence-electron chi connectivity index (χ2n) is 4.20. The van der Waals surface area contributed by atoms with Crippen LogP contribution in [0, 0.1) is 5.92 Å². The van der Waals surface area contributed by atoms with Crippen LogP contribution in [0.5, 0.6) is 0 Å². The SMILES string of the molecule is CCNC(c1ccccc1)C(C)CCOC. The van der Waals surface area contributed by atoms with Crippen LogP contribution in [-0.4, -0.2) is 20.3 Å². The van der Waals surface area contributed by atoms with Crippen molar-refractivity contribution in [3.8, 4) is 0 Å². The molecule has 0 saturated carbocycles. The molecule has 0 amide bonds. The van der Waals surface area contributed by atoms with Crippen LogP contribution in [0.4, 0.5) is 0 Å². The fourth-order valence-electron chi connectivity index (χ4n) is 2.00. The third-order valence-corrected chi connectivity index (χ3v) is 2.93. The highest BCUT2D eigenvalue weighted by molar-refractivity contribution is 5.19. The Labute approximate surface area is 99.0 Å². The first kappa shape index (κ1) is 13.2. The largest absolute Gasteiger partial charge is 0.385 e. The lowest BCUT2D eigenvalue weighted by Crippen LogP contribution is -2.27. The quantitative estimate of drug-likeness (QED) is 0.764. The minimum absolute atomic E-state index is 0.432. The second-order valence-corrected chi connectivity index (χ2v) is 4.20. The standard InChI is InChI=1S/C14H23NO/c1-4-15-14(12(2)10-11-16-3)13-8-6-5-7-9-13/h5-9,12,14-15H,4,10-11H2,1-3H3. The van der Waals surface area contributed by atoms with Gasteiger partial charge in [0.05, 0.1) is 0 Å². The summed E-state index contributed by atoms with van der Waals surface area (Å²) in [5, 5.41) is 3.55. The molecule has 0 heterocycles. The molecule has 0 bridgehead atoms. The van der Waals surface area contributed by atoms with Gasteiger partial charge in [0.25, 0.3) is 0 Å². The molecule has 2 atom stereocenters. The van der Waals surface area contributed by atoms with E-state index in [1.807, 2.05) is 0 Å². The molecule has 2 nitrogen and oxygen atoms in total. The first-order chi connectivity index (χ1) is 7.79. The molecule has 90 valence electrons. The minimum atomic E-state index is 0.432. The maximum absolute atomic E-state index is 5.15. The molecule has 0 radical (unpaired) electrons. The first-order valence-electron chi connectivity index (χ1n) is 6.06. The van der Waals surface area contributed by atoms with Gasteiger partial charge in [0, 0.05) is 19.8 Å². The summed E-state index contributed by atoms with van der Waals surface area (Å²) in [6.45, 7) is 6.26. The Hall–Kier alpha value is -0.860.